The first kappa shape index (κ1) is 13.8. The van der Waals surface area contributed by atoms with E-state index in [-0.39, 0.29) is 17.4 Å². The standard InChI is InChI=1S/C16H28O3/c1-4-11-5-6-13-12-7-8-15(3,17)14(12,2)9-10-16(13,18)19-11/h11-13,17-18H,4-10H2,1-3H3/t11?,12-,13?,14+,15+,16?/m0/s1. The van der Waals surface area contributed by atoms with E-state index in [0.29, 0.717) is 12.3 Å². The number of hydrogen-bond donors (Lipinski definition) is 2. The van der Waals surface area contributed by atoms with Gasteiger partial charge in [0.05, 0.1) is 11.7 Å². The Kier molecular flexibility index (Phi) is 3.05. The molecule has 0 aromatic heterocycles. The van der Waals surface area contributed by atoms with Crippen LogP contribution < -0.4 is 0 Å². The van der Waals surface area contributed by atoms with Crippen molar-refractivity contribution in [2.45, 2.75) is 83.2 Å². The van der Waals surface area contributed by atoms with Crippen molar-refractivity contribution in [1.82, 2.24) is 0 Å². The smallest absolute Gasteiger partial charge is 0.168 e. The van der Waals surface area contributed by atoms with E-state index in [2.05, 4.69) is 13.8 Å². The van der Waals surface area contributed by atoms with E-state index < -0.39 is 11.4 Å². The summed E-state index contributed by atoms with van der Waals surface area (Å²) in [5.74, 6) is -0.314. The SMILES string of the molecule is CCC1CCC2[C@@H]3CC[C@@](C)(O)[C@]3(C)CCC2(O)O1. The van der Waals surface area contributed by atoms with Crippen molar-refractivity contribution >= 4 is 0 Å². The van der Waals surface area contributed by atoms with E-state index in [0.717, 1.165) is 38.5 Å². The van der Waals surface area contributed by atoms with Crippen LogP contribution in [0.15, 0.2) is 0 Å². The minimum absolute atomic E-state index is 0.0493. The third-order valence-corrected chi connectivity index (χ3v) is 6.68. The van der Waals surface area contributed by atoms with Crippen LogP contribution in [0, 0.1) is 17.3 Å². The number of fused-ring (bicyclic) bond motifs is 3. The van der Waals surface area contributed by atoms with Gasteiger partial charge in [0, 0.05) is 12.3 Å². The molecule has 1 aliphatic heterocycles. The van der Waals surface area contributed by atoms with Crippen LogP contribution in [0.5, 0.6) is 0 Å². The second-order valence-corrected chi connectivity index (χ2v) is 7.51. The molecule has 3 aliphatic rings. The number of ether oxygens (including phenoxy) is 1. The van der Waals surface area contributed by atoms with Gasteiger partial charge in [-0.25, -0.2) is 0 Å². The summed E-state index contributed by atoms with van der Waals surface area (Å²) in [5.41, 5.74) is -0.632. The van der Waals surface area contributed by atoms with Gasteiger partial charge in [0.2, 0.25) is 0 Å². The molecule has 3 heteroatoms. The quantitative estimate of drug-likeness (QED) is 0.769. The van der Waals surface area contributed by atoms with E-state index in [9.17, 15) is 10.2 Å². The summed E-state index contributed by atoms with van der Waals surface area (Å²) in [6.07, 6.45) is 6.73. The molecule has 3 nitrogen and oxygen atoms in total. The van der Waals surface area contributed by atoms with Crippen molar-refractivity contribution in [2.24, 2.45) is 17.3 Å². The molecule has 2 N–H and O–H groups in total. The van der Waals surface area contributed by atoms with Gasteiger partial charge >= 0.3 is 0 Å². The molecule has 0 aromatic carbocycles. The molecule has 110 valence electrons. The summed E-state index contributed by atoms with van der Waals surface area (Å²) < 4.78 is 6.02. The fraction of sp³-hybridized carbons (Fsp3) is 1.00. The molecule has 0 aromatic rings. The van der Waals surface area contributed by atoms with Gasteiger partial charge in [-0.1, -0.05) is 13.8 Å². The number of rotatable bonds is 1. The van der Waals surface area contributed by atoms with Crippen LogP contribution in [-0.4, -0.2) is 27.7 Å². The van der Waals surface area contributed by atoms with Gasteiger partial charge in [-0.2, -0.15) is 0 Å². The molecule has 0 spiro atoms. The minimum atomic E-state index is -0.927. The predicted molar refractivity (Wildman–Crippen MR) is 73.5 cm³/mol. The molecular weight excluding hydrogens is 240 g/mol. The third-order valence-electron chi connectivity index (χ3n) is 6.68. The third kappa shape index (κ3) is 1.81. The van der Waals surface area contributed by atoms with Crippen LogP contribution >= 0.6 is 0 Å². The zero-order valence-electron chi connectivity index (χ0n) is 12.5. The Morgan fingerprint density at radius 1 is 1.00 bits per heavy atom. The fourth-order valence-electron chi connectivity index (χ4n) is 5.05. The molecular formula is C16H28O3. The molecule has 0 radical (unpaired) electrons. The summed E-state index contributed by atoms with van der Waals surface area (Å²) in [4.78, 5) is 0. The highest BCUT2D eigenvalue weighted by Crippen LogP contribution is 2.63. The summed E-state index contributed by atoms with van der Waals surface area (Å²) in [5, 5.41) is 21.6. The summed E-state index contributed by atoms with van der Waals surface area (Å²) in [6, 6.07) is 0. The van der Waals surface area contributed by atoms with Crippen LogP contribution in [0.25, 0.3) is 0 Å². The van der Waals surface area contributed by atoms with Crippen LogP contribution in [0.1, 0.15) is 65.7 Å². The van der Waals surface area contributed by atoms with Crippen LogP contribution in [0.4, 0.5) is 0 Å². The van der Waals surface area contributed by atoms with Gasteiger partial charge in [0.1, 0.15) is 0 Å². The molecule has 6 atom stereocenters. The van der Waals surface area contributed by atoms with E-state index >= 15 is 0 Å². The highest BCUT2D eigenvalue weighted by molar-refractivity contribution is 5.11. The maximum absolute atomic E-state index is 10.9. The molecule has 1 heterocycles. The van der Waals surface area contributed by atoms with Crippen molar-refractivity contribution in [3.8, 4) is 0 Å². The maximum Gasteiger partial charge on any atom is 0.168 e. The molecule has 0 amide bonds. The summed E-state index contributed by atoms with van der Waals surface area (Å²) in [6.45, 7) is 6.33. The van der Waals surface area contributed by atoms with E-state index in [1.54, 1.807) is 0 Å². The largest absolute Gasteiger partial charge is 0.390 e. The predicted octanol–water partition coefficient (Wildman–Crippen LogP) is 2.84. The molecule has 2 saturated carbocycles. The Morgan fingerprint density at radius 3 is 2.42 bits per heavy atom. The molecule has 3 rings (SSSR count). The topological polar surface area (TPSA) is 49.7 Å². The Balaban J connectivity index is 1.88. The molecule has 0 bridgehead atoms. The van der Waals surface area contributed by atoms with Gasteiger partial charge in [-0.15, -0.1) is 0 Å². The lowest BCUT2D eigenvalue weighted by molar-refractivity contribution is -0.322. The van der Waals surface area contributed by atoms with E-state index in [1.807, 2.05) is 6.92 Å². The first-order chi connectivity index (χ1) is 8.82. The van der Waals surface area contributed by atoms with Gasteiger partial charge in [-0.05, 0) is 56.8 Å². The van der Waals surface area contributed by atoms with Crippen LogP contribution in [0.2, 0.25) is 0 Å². The fourth-order valence-corrected chi connectivity index (χ4v) is 5.05. The number of aliphatic hydroxyl groups is 2. The number of hydrogen-bond acceptors (Lipinski definition) is 3. The Hall–Kier alpha value is -0.120. The van der Waals surface area contributed by atoms with Gasteiger partial charge in [-0.3, -0.25) is 0 Å². The van der Waals surface area contributed by atoms with Crippen molar-refractivity contribution in [3.63, 3.8) is 0 Å². The lowest BCUT2D eigenvalue weighted by Crippen LogP contribution is -2.59. The van der Waals surface area contributed by atoms with E-state index in [1.165, 1.54) is 0 Å². The first-order valence-electron chi connectivity index (χ1n) is 7.95. The Labute approximate surface area is 116 Å². The van der Waals surface area contributed by atoms with Gasteiger partial charge in [0.15, 0.2) is 5.79 Å². The first-order valence-corrected chi connectivity index (χ1v) is 7.95. The van der Waals surface area contributed by atoms with Gasteiger partial charge in [0.25, 0.3) is 0 Å². The van der Waals surface area contributed by atoms with Crippen molar-refractivity contribution in [2.75, 3.05) is 0 Å². The molecule has 19 heavy (non-hydrogen) atoms. The normalized spacial score (nSPS) is 57.6. The highest BCUT2D eigenvalue weighted by Gasteiger charge is 2.63. The minimum Gasteiger partial charge on any atom is -0.390 e. The van der Waals surface area contributed by atoms with Crippen LogP contribution in [0.3, 0.4) is 0 Å². The second kappa shape index (κ2) is 4.19. The molecule has 2 aliphatic carbocycles. The Bertz CT molecular complexity index is 367. The summed E-state index contributed by atoms with van der Waals surface area (Å²) in [7, 11) is 0. The average molecular weight is 268 g/mol. The molecule has 3 unspecified atom stereocenters. The zero-order valence-corrected chi connectivity index (χ0v) is 12.5. The lowest BCUT2D eigenvalue weighted by Gasteiger charge is -2.56. The Morgan fingerprint density at radius 2 is 1.74 bits per heavy atom. The lowest BCUT2D eigenvalue weighted by atomic mass is 9.57. The second-order valence-electron chi connectivity index (χ2n) is 7.51. The molecule has 1 saturated heterocycles. The van der Waals surface area contributed by atoms with Crippen LogP contribution in [-0.2, 0) is 4.74 Å². The van der Waals surface area contributed by atoms with Crippen molar-refractivity contribution < 1.29 is 14.9 Å². The van der Waals surface area contributed by atoms with E-state index in [4.69, 9.17) is 4.74 Å². The maximum atomic E-state index is 10.9. The molecule has 3 fully saturated rings. The van der Waals surface area contributed by atoms with Crippen molar-refractivity contribution in [1.29, 1.82) is 0 Å². The van der Waals surface area contributed by atoms with Crippen molar-refractivity contribution in [3.05, 3.63) is 0 Å². The van der Waals surface area contributed by atoms with Gasteiger partial charge < -0.3 is 14.9 Å². The zero-order chi connectivity index (χ0) is 13.9. The monoisotopic (exact) mass is 268 g/mol. The summed E-state index contributed by atoms with van der Waals surface area (Å²) >= 11 is 0. The highest BCUT2D eigenvalue weighted by atomic mass is 16.6. The average Bonchev–Trinajstić information content (AvgIpc) is 2.60.